The van der Waals surface area contributed by atoms with E-state index in [-0.39, 0.29) is 0 Å². The minimum atomic E-state index is 0.609. The van der Waals surface area contributed by atoms with Crippen LogP contribution in [0, 0.1) is 6.92 Å². The Labute approximate surface area is 114 Å². The second-order valence-corrected chi connectivity index (χ2v) is 5.82. The molecule has 5 heteroatoms. The van der Waals surface area contributed by atoms with E-state index >= 15 is 0 Å². The highest BCUT2D eigenvalue weighted by molar-refractivity contribution is 7.99. The summed E-state index contributed by atoms with van der Waals surface area (Å²) >= 11 is 2.03. The van der Waals surface area contributed by atoms with Gasteiger partial charge in [-0.1, -0.05) is 6.92 Å². The SMILES string of the molecule is CCc1nc(NC)c(C)c(N(C)C2CCSC2)n1. The zero-order valence-corrected chi connectivity index (χ0v) is 12.5. The first-order valence-electron chi connectivity index (χ1n) is 6.53. The highest BCUT2D eigenvalue weighted by Gasteiger charge is 2.23. The first kappa shape index (κ1) is 13.5. The Morgan fingerprint density at radius 2 is 2.22 bits per heavy atom. The summed E-state index contributed by atoms with van der Waals surface area (Å²) in [4.78, 5) is 11.6. The van der Waals surface area contributed by atoms with E-state index in [1.165, 1.54) is 17.9 Å². The van der Waals surface area contributed by atoms with Crippen molar-refractivity contribution in [3.8, 4) is 0 Å². The van der Waals surface area contributed by atoms with Crippen molar-refractivity contribution in [1.29, 1.82) is 0 Å². The average molecular weight is 266 g/mol. The van der Waals surface area contributed by atoms with Crippen LogP contribution in [0.15, 0.2) is 0 Å². The first-order valence-corrected chi connectivity index (χ1v) is 7.68. The van der Waals surface area contributed by atoms with Crippen LogP contribution in [0.4, 0.5) is 11.6 Å². The third-order valence-corrected chi connectivity index (χ3v) is 4.65. The second-order valence-electron chi connectivity index (χ2n) is 4.67. The maximum Gasteiger partial charge on any atom is 0.137 e. The van der Waals surface area contributed by atoms with Crippen LogP contribution in [-0.2, 0) is 6.42 Å². The van der Waals surface area contributed by atoms with E-state index in [1.807, 2.05) is 18.8 Å². The van der Waals surface area contributed by atoms with Crippen molar-refractivity contribution in [3.05, 3.63) is 11.4 Å². The Hall–Kier alpha value is -0.970. The van der Waals surface area contributed by atoms with E-state index in [0.29, 0.717) is 6.04 Å². The lowest BCUT2D eigenvalue weighted by molar-refractivity contribution is 0.685. The Bertz CT molecular complexity index is 416. The molecule has 1 atom stereocenters. The van der Waals surface area contributed by atoms with Crippen molar-refractivity contribution in [3.63, 3.8) is 0 Å². The first-order chi connectivity index (χ1) is 8.67. The van der Waals surface area contributed by atoms with Gasteiger partial charge in [0.2, 0.25) is 0 Å². The molecule has 1 fully saturated rings. The number of hydrogen-bond donors (Lipinski definition) is 1. The van der Waals surface area contributed by atoms with Crippen molar-refractivity contribution in [1.82, 2.24) is 9.97 Å². The third kappa shape index (κ3) is 2.55. The number of aromatic nitrogens is 2. The van der Waals surface area contributed by atoms with Crippen LogP contribution in [0.2, 0.25) is 0 Å². The van der Waals surface area contributed by atoms with Crippen LogP contribution in [0.5, 0.6) is 0 Å². The quantitative estimate of drug-likeness (QED) is 0.906. The van der Waals surface area contributed by atoms with Crippen LogP contribution in [0.1, 0.15) is 24.7 Å². The van der Waals surface area contributed by atoms with Crippen LogP contribution < -0.4 is 10.2 Å². The second kappa shape index (κ2) is 5.78. The van der Waals surface area contributed by atoms with Gasteiger partial charge in [-0.3, -0.25) is 0 Å². The molecule has 0 bridgehead atoms. The fourth-order valence-corrected chi connectivity index (χ4v) is 3.56. The van der Waals surface area contributed by atoms with E-state index in [2.05, 4.69) is 36.1 Å². The molecule has 1 aromatic heterocycles. The molecular formula is C13H22N4S. The molecule has 0 aliphatic carbocycles. The monoisotopic (exact) mass is 266 g/mol. The fourth-order valence-electron chi connectivity index (χ4n) is 2.30. The van der Waals surface area contributed by atoms with Crippen molar-refractivity contribution in [2.75, 3.05) is 35.8 Å². The smallest absolute Gasteiger partial charge is 0.137 e. The number of nitrogens with zero attached hydrogens (tertiary/aromatic N) is 3. The average Bonchev–Trinajstić information content (AvgIpc) is 2.92. The number of hydrogen-bond acceptors (Lipinski definition) is 5. The van der Waals surface area contributed by atoms with Crippen LogP contribution >= 0.6 is 11.8 Å². The number of nitrogens with one attached hydrogen (secondary N) is 1. The van der Waals surface area contributed by atoms with Crippen molar-refractivity contribution in [2.24, 2.45) is 0 Å². The minimum Gasteiger partial charge on any atom is -0.373 e. The van der Waals surface area contributed by atoms with E-state index < -0.39 is 0 Å². The number of rotatable bonds is 4. The summed E-state index contributed by atoms with van der Waals surface area (Å²) in [7, 11) is 4.08. The molecule has 1 N–H and O–H groups in total. The summed E-state index contributed by atoms with van der Waals surface area (Å²) in [5.74, 6) is 5.42. The molecule has 0 amide bonds. The van der Waals surface area contributed by atoms with Crippen molar-refractivity contribution >= 4 is 23.4 Å². The number of aryl methyl sites for hydroxylation is 1. The normalized spacial score (nSPS) is 19.0. The molecule has 1 aliphatic rings. The predicted molar refractivity (Wildman–Crippen MR) is 79.8 cm³/mol. The fraction of sp³-hybridized carbons (Fsp3) is 0.692. The van der Waals surface area contributed by atoms with E-state index in [4.69, 9.17) is 4.98 Å². The van der Waals surface area contributed by atoms with Gasteiger partial charge in [-0.05, 0) is 19.1 Å². The maximum atomic E-state index is 4.71. The molecule has 0 aromatic carbocycles. The lowest BCUT2D eigenvalue weighted by atomic mass is 10.2. The molecule has 1 saturated heterocycles. The molecule has 4 nitrogen and oxygen atoms in total. The molecule has 1 aliphatic heterocycles. The summed E-state index contributed by atoms with van der Waals surface area (Å²) in [6, 6.07) is 0.609. The molecule has 0 radical (unpaired) electrons. The molecule has 18 heavy (non-hydrogen) atoms. The largest absolute Gasteiger partial charge is 0.373 e. The summed E-state index contributed by atoms with van der Waals surface area (Å²) < 4.78 is 0. The molecule has 1 unspecified atom stereocenters. The van der Waals surface area contributed by atoms with Gasteiger partial charge in [0.1, 0.15) is 17.5 Å². The topological polar surface area (TPSA) is 41.1 Å². The summed E-state index contributed by atoms with van der Waals surface area (Å²) in [6.07, 6.45) is 2.12. The number of anilines is 2. The Morgan fingerprint density at radius 3 is 2.78 bits per heavy atom. The summed E-state index contributed by atoms with van der Waals surface area (Å²) in [5, 5.41) is 3.17. The van der Waals surface area contributed by atoms with Gasteiger partial charge in [-0.25, -0.2) is 9.97 Å². The van der Waals surface area contributed by atoms with Gasteiger partial charge >= 0.3 is 0 Å². The summed E-state index contributed by atoms with van der Waals surface area (Å²) in [6.45, 7) is 4.19. The Kier molecular flexibility index (Phi) is 4.32. The van der Waals surface area contributed by atoms with Crippen LogP contribution in [-0.4, -0.2) is 41.6 Å². The van der Waals surface area contributed by atoms with Gasteiger partial charge in [-0.2, -0.15) is 11.8 Å². The zero-order chi connectivity index (χ0) is 13.1. The highest BCUT2D eigenvalue weighted by atomic mass is 32.2. The standard InChI is InChI=1S/C13H22N4S/c1-5-11-15-12(14-3)9(2)13(16-11)17(4)10-6-7-18-8-10/h10H,5-8H2,1-4H3,(H,14,15,16). The molecular weight excluding hydrogens is 244 g/mol. The third-order valence-electron chi connectivity index (χ3n) is 3.51. The van der Waals surface area contributed by atoms with Crippen LogP contribution in [0.3, 0.4) is 0 Å². The van der Waals surface area contributed by atoms with Gasteiger partial charge in [0.25, 0.3) is 0 Å². The van der Waals surface area contributed by atoms with Crippen LogP contribution in [0.25, 0.3) is 0 Å². The zero-order valence-electron chi connectivity index (χ0n) is 11.7. The van der Waals surface area contributed by atoms with Gasteiger partial charge in [0.15, 0.2) is 0 Å². The lowest BCUT2D eigenvalue weighted by Crippen LogP contribution is -2.33. The summed E-state index contributed by atoms with van der Waals surface area (Å²) in [5.41, 5.74) is 1.15. The molecule has 0 saturated carbocycles. The van der Waals surface area contributed by atoms with Crippen molar-refractivity contribution < 1.29 is 0 Å². The van der Waals surface area contributed by atoms with E-state index in [9.17, 15) is 0 Å². The molecule has 1 aromatic rings. The molecule has 2 rings (SSSR count). The maximum absolute atomic E-state index is 4.71. The molecule has 0 spiro atoms. The Balaban J connectivity index is 2.35. The van der Waals surface area contributed by atoms with E-state index in [1.54, 1.807) is 0 Å². The molecule has 2 heterocycles. The van der Waals surface area contributed by atoms with Gasteiger partial charge in [0.05, 0.1) is 0 Å². The van der Waals surface area contributed by atoms with Gasteiger partial charge in [-0.15, -0.1) is 0 Å². The highest BCUT2D eigenvalue weighted by Crippen LogP contribution is 2.29. The number of thioether (sulfide) groups is 1. The van der Waals surface area contributed by atoms with Gasteiger partial charge < -0.3 is 10.2 Å². The van der Waals surface area contributed by atoms with Gasteiger partial charge in [0, 0.05) is 37.9 Å². The molecule has 100 valence electrons. The van der Waals surface area contributed by atoms with E-state index in [0.717, 1.165) is 29.4 Å². The minimum absolute atomic E-state index is 0.609. The predicted octanol–water partition coefficient (Wildman–Crippen LogP) is 2.33. The Morgan fingerprint density at radius 1 is 1.44 bits per heavy atom. The van der Waals surface area contributed by atoms with Crippen molar-refractivity contribution in [2.45, 2.75) is 32.7 Å². The lowest BCUT2D eigenvalue weighted by Gasteiger charge is -2.27.